The molecule has 1 fully saturated rings. The molecule has 2 aliphatic carbocycles. The fourth-order valence-corrected chi connectivity index (χ4v) is 2.34. The molecule has 0 aromatic rings. The number of carbonyl (C=O) groups is 1. The van der Waals surface area contributed by atoms with Gasteiger partial charge in [-0.3, -0.25) is 4.79 Å². The van der Waals surface area contributed by atoms with Crippen LogP contribution in [0.2, 0.25) is 0 Å². The summed E-state index contributed by atoms with van der Waals surface area (Å²) in [6.07, 6.45) is 6.79. The van der Waals surface area contributed by atoms with E-state index >= 15 is 0 Å². The molecule has 1 amide bonds. The van der Waals surface area contributed by atoms with Gasteiger partial charge in [0.1, 0.15) is 0 Å². The number of ether oxygens (including phenoxy) is 1. The number of nitrogens with two attached hydrogens (primary N) is 1. The zero-order valence-electron chi connectivity index (χ0n) is 9.69. The number of rotatable bonds is 4. The van der Waals surface area contributed by atoms with E-state index in [-0.39, 0.29) is 30.0 Å². The van der Waals surface area contributed by atoms with E-state index in [2.05, 4.69) is 17.5 Å². The van der Waals surface area contributed by atoms with Crippen molar-refractivity contribution >= 4 is 5.91 Å². The third kappa shape index (κ3) is 2.28. The van der Waals surface area contributed by atoms with Crippen LogP contribution in [0.25, 0.3) is 0 Å². The maximum absolute atomic E-state index is 11.9. The van der Waals surface area contributed by atoms with Gasteiger partial charge in [-0.2, -0.15) is 0 Å². The van der Waals surface area contributed by atoms with E-state index in [1.54, 1.807) is 0 Å². The third-order valence-corrected chi connectivity index (χ3v) is 3.43. The third-order valence-electron chi connectivity index (χ3n) is 3.43. The summed E-state index contributed by atoms with van der Waals surface area (Å²) < 4.78 is 5.51. The van der Waals surface area contributed by atoms with Crippen LogP contribution in [0.5, 0.6) is 0 Å². The van der Waals surface area contributed by atoms with Crippen molar-refractivity contribution in [3.8, 4) is 0 Å². The number of hydrogen-bond acceptors (Lipinski definition) is 3. The summed E-state index contributed by atoms with van der Waals surface area (Å²) >= 11 is 0. The van der Waals surface area contributed by atoms with Crippen molar-refractivity contribution in [1.29, 1.82) is 0 Å². The first kappa shape index (κ1) is 11.6. The van der Waals surface area contributed by atoms with Crippen molar-refractivity contribution in [2.45, 2.75) is 44.4 Å². The summed E-state index contributed by atoms with van der Waals surface area (Å²) in [7, 11) is 0. The number of amides is 1. The van der Waals surface area contributed by atoms with E-state index in [9.17, 15) is 4.79 Å². The second kappa shape index (κ2) is 4.97. The minimum atomic E-state index is 0.00745. The Kier molecular flexibility index (Phi) is 3.61. The summed E-state index contributed by atoms with van der Waals surface area (Å²) in [5.74, 6) is 0.227. The molecule has 90 valence electrons. The molecule has 16 heavy (non-hydrogen) atoms. The molecule has 2 aliphatic rings. The van der Waals surface area contributed by atoms with Crippen LogP contribution in [0.3, 0.4) is 0 Å². The van der Waals surface area contributed by atoms with Crippen LogP contribution in [0.1, 0.15) is 26.2 Å². The lowest BCUT2D eigenvalue weighted by Gasteiger charge is -2.42. The Labute approximate surface area is 96.2 Å². The lowest BCUT2D eigenvalue weighted by Crippen LogP contribution is -2.65. The van der Waals surface area contributed by atoms with E-state index in [4.69, 9.17) is 10.5 Å². The van der Waals surface area contributed by atoms with Crippen LogP contribution in [-0.2, 0) is 9.53 Å². The Morgan fingerprint density at radius 2 is 2.19 bits per heavy atom. The first-order valence-electron chi connectivity index (χ1n) is 6.05. The molecule has 0 aromatic heterocycles. The van der Waals surface area contributed by atoms with Crippen molar-refractivity contribution in [3.63, 3.8) is 0 Å². The molecular weight excluding hydrogens is 204 g/mol. The van der Waals surface area contributed by atoms with Gasteiger partial charge in [0.15, 0.2) is 0 Å². The highest BCUT2D eigenvalue weighted by molar-refractivity contribution is 5.80. The van der Waals surface area contributed by atoms with Gasteiger partial charge in [-0.1, -0.05) is 12.2 Å². The molecule has 0 heterocycles. The minimum absolute atomic E-state index is 0.00745. The normalized spacial score (nSPS) is 33.8. The van der Waals surface area contributed by atoms with Crippen molar-refractivity contribution in [2.75, 3.05) is 6.61 Å². The van der Waals surface area contributed by atoms with Crippen LogP contribution in [0, 0.1) is 5.92 Å². The summed E-state index contributed by atoms with van der Waals surface area (Å²) in [6, 6.07) is 0.0583. The molecular formula is C12H20N2O2. The molecule has 0 saturated heterocycles. The smallest absolute Gasteiger partial charge is 0.224 e. The van der Waals surface area contributed by atoms with E-state index in [0.29, 0.717) is 6.61 Å². The summed E-state index contributed by atoms with van der Waals surface area (Å²) in [6.45, 7) is 2.64. The van der Waals surface area contributed by atoms with Crippen molar-refractivity contribution in [3.05, 3.63) is 12.2 Å². The van der Waals surface area contributed by atoms with Gasteiger partial charge in [0.25, 0.3) is 0 Å². The van der Waals surface area contributed by atoms with Gasteiger partial charge in [0, 0.05) is 18.6 Å². The fraction of sp³-hybridized carbons (Fsp3) is 0.750. The van der Waals surface area contributed by atoms with Crippen molar-refractivity contribution in [2.24, 2.45) is 11.7 Å². The highest BCUT2D eigenvalue weighted by atomic mass is 16.5. The SMILES string of the molecule is CCOC1CC(N)C1NC(=O)C1CC=CC1. The summed E-state index contributed by atoms with van der Waals surface area (Å²) in [5.41, 5.74) is 5.88. The van der Waals surface area contributed by atoms with Crippen LogP contribution in [0.4, 0.5) is 0 Å². The molecule has 3 atom stereocenters. The van der Waals surface area contributed by atoms with Gasteiger partial charge in [-0.25, -0.2) is 0 Å². The number of nitrogens with one attached hydrogen (secondary N) is 1. The Bertz CT molecular complexity index is 281. The molecule has 2 rings (SSSR count). The Balaban J connectivity index is 1.81. The first-order chi connectivity index (χ1) is 7.72. The van der Waals surface area contributed by atoms with Crippen molar-refractivity contribution in [1.82, 2.24) is 5.32 Å². The van der Waals surface area contributed by atoms with Crippen molar-refractivity contribution < 1.29 is 9.53 Å². The van der Waals surface area contributed by atoms with Gasteiger partial charge >= 0.3 is 0 Å². The van der Waals surface area contributed by atoms with Gasteiger partial charge in [0.2, 0.25) is 5.91 Å². The Morgan fingerprint density at radius 3 is 2.75 bits per heavy atom. The van der Waals surface area contributed by atoms with E-state index in [0.717, 1.165) is 19.3 Å². The van der Waals surface area contributed by atoms with E-state index in [1.807, 2.05) is 6.92 Å². The molecule has 0 aromatic carbocycles. The molecule has 4 nitrogen and oxygen atoms in total. The quantitative estimate of drug-likeness (QED) is 0.686. The lowest BCUT2D eigenvalue weighted by atomic mass is 9.83. The van der Waals surface area contributed by atoms with Gasteiger partial charge < -0.3 is 15.8 Å². The Hall–Kier alpha value is -0.870. The zero-order chi connectivity index (χ0) is 11.5. The van der Waals surface area contributed by atoms with Gasteiger partial charge in [-0.15, -0.1) is 0 Å². The number of carbonyl (C=O) groups excluding carboxylic acids is 1. The standard InChI is InChI=1S/C12H20N2O2/c1-2-16-10-7-9(13)11(10)14-12(15)8-5-3-4-6-8/h3-4,8-11H,2,5-7,13H2,1H3,(H,14,15). The average Bonchev–Trinajstić information content (AvgIpc) is 2.79. The lowest BCUT2D eigenvalue weighted by molar-refractivity contribution is -0.129. The van der Waals surface area contributed by atoms with E-state index < -0.39 is 0 Å². The predicted octanol–water partition coefficient (Wildman–Crippen LogP) is 0.573. The monoisotopic (exact) mass is 224 g/mol. The maximum atomic E-state index is 11.9. The molecule has 3 N–H and O–H groups in total. The highest BCUT2D eigenvalue weighted by Gasteiger charge is 2.41. The predicted molar refractivity (Wildman–Crippen MR) is 61.8 cm³/mol. The minimum Gasteiger partial charge on any atom is -0.376 e. The van der Waals surface area contributed by atoms with E-state index in [1.165, 1.54) is 0 Å². The van der Waals surface area contributed by atoms with Crippen LogP contribution < -0.4 is 11.1 Å². The number of hydrogen-bond donors (Lipinski definition) is 2. The largest absolute Gasteiger partial charge is 0.376 e. The first-order valence-corrected chi connectivity index (χ1v) is 6.05. The molecule has 0 bridgehead atoms. The molecule has 0 spiro atoms. The molecule has 0 aliphatic heterocycles. The van der Waals surface area contributed by atoms with Crippen LogP contribution in [-0.4, -0.2) is 30.7 Å². The van der Waals surface area contributed by atoms with Crippen LogP contribution in [0.15, 0.2) is 12.2 Å². The maximum Gasteiger partial charge on any atom is 0.224 e. The number of allylic oxidation sites excluding steroid dienone is 2. The zero-order valence-corrected chi connectivity index (χ0v) is 9.69. The van der Waals surface area contributed by atoms with Crippen LogP contribution >= 0.6 is 0 Å². The second-order valence-electron chi connectivity index (χ2n) is 4.57. The second-order valence-corrected chi connectivity index (χ2v) is 4.57. The van der Waals surface area contributed by atoms with Gasteiger partial charge in [-0.05, 0) is 26.2 Å². The molecule has 4 heteroatoms. The molecule has 3 unspecified atom stereocenters. The van der Waals surface area contributed by atoms with Gasteiger partial charge in [0.05, 0.1) is 12.1 Å². The fourth-order valence-electron chi connectivity index (χ4n) is 2.34. The topological polar surface area (TPSA) is 64.3 Å². The Morgan fingerprint density at radius 1 is 1.50 bits per heavy atom. The molecule has 1 saturated carbocycles. The highest BCUT2D eigenvalue weighted by Crippen LogP contribution is 2.24. The summed E-state index contributed by atoms with van der Waals surface area (Å²) in [5, 5.41) is 3.01. The average molecular weight is 224 g/mol. The summed E-state index contributed by atoms with van der Waals surface area (Å²) in [4.78, 5) is 11.9. The molecule has 0 radical (unpaired) electrons.